The Hall–Kier alpha value is -1.26. The molecule has 1 heterocycles. The summed E-state index contributed by atoms with van der Waals surface area (Å²) < 4.78 is 5.79. The molecule has 0 saturated carbocycles. The molecule has 0 bridgehead atoms. The molecule has 2 rings (SSSR count). The SMILES string of the molecule is CCCN(C(=O)C(C)Oc1ccccc1)C1CCNCC1.Cl. The second-order valence-corrected chi connectivity index (χ2v) is 5.59. The lowest BCUT2D eigenvalue weighted by Crippen LogP contribution is -2.50. The molecule has 1 aliphatic heterocycles. The second kappa shape index (κ2) is 9.70. The maximum absolute atomic E-state index is 12.7. The first kappa shape index (κ1) is 18.8. The topological polar surface area (TPSA) is 41.6 Å². The van der Waals surface area contributed by atoms with E-state index in [9.17, 15) is 4.79 Å². The zero-order valence-corrected chi connectivity index (χ0v) is 14.3. The van der Waals surface area contributed by atoms with Crippen molar-refractivity contribution >= 4 is 18.3 Å². The van der Waals surface area contributed by atoms with Crippen LogP contribution >= 0.6 is 12.4 Å². The van der Waals surface area contributed by atoms with E-state index in [1.807, 2.05) is 42.2 Å². The number of halogens is 1. The van der Waals surface area contributed by atoms with E-state index in [1.165, 1.54) is 0 Å². The van der Waals surface area contributed by atoms with Gasteiger partial charge in [0.2, 0.25) is 0 Å². The molecule has 1 aliphatic rings. The van der Waals surface area contributed by atoms with E-state index >= 15 is 0 Å². The number of nitrogens with one attached hydrogen (secondary N) is 1. The molecule has 1 aromatic rings. The van der Waals surface area contributed by atoms with E-state index in [4.69, 9.17) is 4.74 Å². The van der Waals surface area contributed by atoms with E-state index in [0.717, 1.165) is 44.6 Å². The van der Waals surface area contributed by atoms with E-state index in [-0.39, 0.29) is 18.3 Å². The van der Waals surface area contributed by atoms with Crippen molar-refractivity contribution in [2.45, 2.75) is 45.3 Å². The van der Waals surface area contributed by atoms with Crippen LogP contribution in [-0.4, -0.2) is 42.6 Å². The van der Waals surface area contributed by atoms with E-state index < -0.39 is 6.10 Å². The van der Waals surface area contributed by atoms with Crippen LogP contribution in [0.5, 0.6) is 5.75 Å². The smallest absolute Gasteiger partial charge is 0.263 e. The highest BCUT2D eigenvalue weighted by Gasteiger charge is 2.28. The minimum Gasteiger partial charge on any atom is -0.481 e. The van der Waals surface area contributed by atoms with Crippen LogP contribution in [0, 0.1) is 0 Å². The van der Waals surface area contributed by atoms with Crippen LogP contribution in [0.4, 0.5) is 0 Å². The number of amides is 1. The summed E-state index contributed by atoms with van der Waals surface area (Å²) >= 11 is 0. The molecule has 0 radical (unpaired) electrons. The van der Waals surface area contributed by atoms with Crippen LogP contribution < -0.4 is 10.1 Å². The average molecular weight is 327 g/mol. The summed E-state index contributed by atoms with van der Waals surface area (Å²) in [6.45, 7) is 6.76. The number of carbonyl (C=O) groups excluding carboxylic acids is 1. The van der Waals surface area contributed by atoms with Gasteiger partial charge in [0.25, 0.3) is 5.91 Å². The van der Waals surface area contributed by atoms with Crippen molar-refractivity contribution in [3.05, 3.63) is 30.3 Å². The minimum atomic E-state index is -0.436. The summed E-state index contributed by atoms with van der Waals surface area (Å²) in [5.74, 6) is 0.854. The number of rotatable bonds is 6. The standard InChI is InChI=1S/C17H26N2O2.ClH/c1-3-13-19(15-9-11-18-12-10-15)17(20)14(2)21-16-7-5-4-6-8-16;/h4-8,14-15,18H,3,9-13H2,1-2H3;1H. The van der Waals surface area contributed by atoms with Gasteiger partial charge in [0.1, 0.15) is 5.75 Å². The van der Waals surface area contributed by atoms with Gasteiger partial charge in [-0.2, -0.15) is 0 Å². The number of carbonyl (C=O) groups is 1. The average Bonchev–Trinajstić information content (AvgIpc) is 2.53. The van der Waals surface area contributed by atoms with Crippen LogP contribution in [0.15, 0.2) is 30.3 Å². The zero-order chi connectivity index (χ0) is 15.1. The molecule has 0 aliphatic carbocycles. The third-order valence-electron chi connectivity index (χ3n) is 3.90. The Kier molecular flexibility index (Phi) is 8.28. The lowest BCUT2D eigenvalue weighted by Gasteiger charge is -2.36. The fourth-order valence-electron chi connectivity index (χ4n) is 2.82. The third-order valence-corrected chi connectivity index (χ3v) is 3.90. The molecule has 1 saturated heterocycles. The van der Waals surface area contributed by atoms with Gasteiger partial charge >= 0.3 is 0 Å². The fraction of sp³-hybridized carbons (Fsp3) is 0.588. The van der Waals surface area contributed by atoms with Gasteiger partial charge in [-0.3, -0.25) is 4.79 Å². The normalized spacial score (nSPS) is 16.5. The highest BCUT2D eigenvalue weighted by atomic mass is 35.5. The van der Waals surface area contributed by atoms with Crippen molar-refractivity contribution in [2.24, 2.45) is 0 Å². The summed E-state index contributed by atoms with van der Waals surface area (Å²) in [6, 6.07) is 9.90. The van der Waals surface area contributed by atoms with Crippen molar-refractivity contribution in [1.82, 2.24) is 10.2 Å². The van der Waals surface area contributed by atoms with Gasteiger partial charge in [0, 0.05) is 12.6 Å². The molecule has 0 spiro atoms. The van der Waals surface area contributed by atoms with Crippen LogP contribution in [0.3, 0.4) is 0 Å². The third kappa shape index (κ3) is 5.18. The first-order chi connectivity index (χ1) is 10.2. The Labute approximate surface area is 139 Å². The molecular weight excluding hydrogens is 300 g/mol. The first-order valence-corrected chi connectivity index (χ1v) is 7.95. The largest absolute Gasteiger partial charge is 0.481 e. The summed E-state index contributed by atoms with van der Waals surface area (Å²) in [4.78, 5) is 14.7. The molecule has 0 aromatic heterocycles. The Morgan fingerprint density at radius 3 is 2.55 bits per heavy atom. The van der Waals surface area contributed by atoms with Crippen molar-refractivity contribution in [1.29, 1.82) is 0 Å². The monoisotopic (exact) mass is 326 g/mol. The lowest BCUT2D eigenvalue weighted by molar-refractivity contribution is -0.141. The van der Waals surface area contributed by atoms with E-state index in [0.29, 0.717) is 6.04 Å². The Balaban J connectivity index is 0.00000242. The summed E-state index contributed by atoms with van der Waals surface area (Å²) in [7, 11) is 0. The van der Waals surface area contributed by atoms with Crippen LogP contribution in [0.1, 0.15) is 33.1 Å². The Morgan fingerprint density at radius 1 is 1.32 bits per heavy atom. The molecule has 22 heavy (non-hydrogen) atoms. The maximum atomic E-state index is 12.7. The van der Waals surface area contributed by atoms with Gasteiger partial charge in [-0.15, -0.1) is 12.4 Å². The lowest BCUT2D eigenvalue weighted by atomic mass is 10.0. The van der Waals surface area contributed by atoms with Gasteiger partial charge in [-0.25, -0.2) is 0 Å². The predicted molar refractivity (Wildman–Crippen MR) is 91.7 cm³/mol. The van der Waals surface area contributed by atoms with Gasteiger partial charge in [0.15, 0.2) is 6.10 Å². The Bertz CT molecular complexity index is 436. The highest BCUT2D eigenvalue weighted by molar-refractivity contribution is 5.85. The minimum absolute atomic E-state index is 0. The number of hydrogen-bond acceptors (Lipinski definition) is 3. The van der Waals surface area contributed by atoms with Gasteiger partial charge < -0.3 is 15.0 Å². The quantitative estimate of drug-likeness (QED) is 0.874. The van der Waals surface area contributed by atoms with E-state index in [1.54, 1.807) is 0 Å². The Morgan fingerprint density at radius 2 is 1.95 bits per heavy atom. The molecular formula is C17H27ClN2O2. The van der Waals surface area contributed by atoms with E-state index in [2.05, 4.69) is 12.2 Å². The zero-order valence-electron chi connectivity index (χ0n) is 13.5. The predicted octanol–water partition coefficient (Wildman–Crippen LogP) is 2.87. The molecule has 1 fully saturated rings. The van der Waals surface area contributed by atoms with Gasteiger partial charge in [-0.1, -0.05) is 25.1 Å². The van der Waals surface area contributed by atoms with Crippen molar-refractivity contribution in [3.8, 4) is 5.75 Å². The van der Waals surface area contributed by atoms with Crippen LogP contribution in [0.2, 0.25) is 0 Å². The molecule has 4 nitrogen and oxygen atoms in total. The number of para-hydroxylation sites is 1. The molecule has 1 unspecified atom stereocenters. The number of ether oxygens (including phenoxy) is 1. The van der Waals surface area contributed by atoms with Gasteiger partial charge in [-0.05, 0) is 51.4 Å². The molecule has 5 heteroatoms. The summed E-state index contributed by atoms with van der Waals surface area (Å²) in [5, 5.41) is 3.35. The van der Waals surface area contributed by atoms with Gasteiger partial charge in [0.05, 0.1) is 0 Å². The summed E-state index contributed by atoms with van der Waals surface area (Å²) in [5.41, 5.74) is 0. The van der Waals surface area contributed by atoms with Crippen molar-refractivity contribution in [3.63, 3.8) is 0 Å². The number of benzene rings is 1. The summed E-state index contributed by atoms with van der Waals surface area (Å²) in [6.07, 6.45) is 2.61. The molecule has 1 amide bonds. The fourth-order valence-corrected chi connectivity index (χ4v) is 2.82. The first-order valence-electron chi connectivity index (χ1n) is 7.95. The molecule has 124 valence electrons. The number of hydrogen-bond donors (Lipinski definition) is 1. The maximum Gasteiger partial charge on any atom is 0.263 e. The second-order valence-electron chi connectivity index (χ2n) is 5.59. The van der Waals surface area contributed by atoms with Crippen LogP contribution in [-0.2, 0) is 4.79 Å². The molecule has 1 aromatic carbocycles. The van der Waals surface area contributed by atoms with Crippen molar-refractivity contribution in [2.75, 3.05) is 19.6 Å². The molecule has 1 N–H and O–H groups in total. The van der Waals surface area contributed by atoms with Crippen molar-refractivity contribution < 1.29 is 9.53 Å². The van der Waals surface area contributed by atoms with Crippen LogP contribution in [0.25, 0.3) is 0 Å². The molecule has 1 atom stereocenters. The highest BCUT2D eigenvalue weighted by Crippen LogP contribution is 2.17. The number of nitrogens with zero attached hydrogens (tertiary/aromatic N) is 1. The number of piperidine rings is 1.